The fourth-order valence-electron chi connectivity index (χ4n) is 5.63. The Kier molecular flexibility index (Phi) is 10.8. The number of halogens is 6. The van der Waals surface area contributed by atoms with E-state index in [2.05, 4.69) is 10.1 Å². The quantitative estimate of drug-likeness (QED) is 0.267. The Morgan fingerprint density at radius 3 is 2.41 bits per heavy atom. The minimum atomic E-state index is -4.90. The van der Waals surface area contributed by atoms with E-state index in [-0.39, 0.29) is 48.8 Å². The Morgan fingerprint density at radius 1 is 1.07 bits per heavy atom. The maximum atomic E-state index is 13.3. The van der Waals surface area contributed by atoms with Crippen molar-refractivity contribution in [3.8, 4) is 16.9 Å². The number of carbonyl (C=O) groups excluding carboxylic acids is 3. The van der Waals surface area contributed by atoms with Gasteiger partial charge in [-0.25, -0.2) is 9.69 Å². The lowest BCUT2D eigenvalue weighted by molar-refractivity contribution is -0.274. The van der Waals surface area contributed by atoms with Crippen molar-refractivity contribution in [2.75, 3.05) is 19.6 Å². The zero-order chi connectivity index (χ0) is 32.5. The van der Waals surface area contributed by atoms with Gasteiger partial charge in [0.1, 0.15) is 12.3 Å². The molecule has 8 nitrogen and oxygen atoms in total. The average Bonchev–Trinajstić information content (AvgIpc) is 3.17. The van der Waals surface area contributed by atoms with Gasteiger partial charge in [0.05, 0.1) is 0 Å². The van der Waals surface area contributed by atoms with Crippen LogP contribution in [0.5, 0.6) is 5.75 Å². The molecule has 2 aliphatic heterocycles. The predicted octanol–water partition coefficient (Wildman–Crippen LogP) is 7.21. The molecular formula is C32H31Cl3F3N3O5. The number of hydrogen-bond acceptors (Lipinski definition) is 6. The Morgan fingerprint density at radius 2 is 1.78 bits per heavy atom. The van der Waals surface area contributed by atoms with Crippen molar-refractivity contribution < 1.29 is 37.0 Å². The molecule has 0 unspecified atom stereocenters. The molecule has 0 bridgehead atoms. The number of hydrogen-bond donors (Lipinski definition) is 1. The summed E-state index contributed by atoms with van der Waals surface area (Å²) in [5.41, 5.74) is 1.01. The molecule has 0 aromatic heterocycles. The molecule has 3 amide bonds. The minimum Gasteiger partial charge on any atom is -0.433 e. The second kappa shape index (κ2) is 14.1. The number of alkyl halides is 3. The summed E-state index contributed by atoms with van der Waals surface area (Å²) in [6, 6.07) is 18.4. The fourth-order valence-corrected chi connectivity index (χ4v) is 6.15. The summed E-state index contributed by atoms with van der Waals surface area (Å²) in [7, 11) is 0. The summed E-state index contributed by atoms with van der Waals surface area (Å²) in [5, 5.41) is 4.17. The summed E-state index contributed by atoms with van der Waals surface area (Å²) in [5.74, 6) is -1.60. The highest BCUT2D eigenvalue weighted by atomic mass is 35.5. The first kappa shape index (κ1) is 35.3. The molecular weight excluding hydrogens is 670 g/mol. The van der Waals surface area contributed by atoms with Crippen LogP contribution in [0, 0.1) is 0 Å². The molecule has 2 atom stereocenters. The van der Waals surface area contributed by atoms with Crippen LogP contribution in [0.1, 0.15) is 37.3 Å². The van der Waals surface area contributed by atoms with Crippen molar-refractivity contribution in [2.45, 2.75) is 50.7 Å². The van der Waals surface area contributed by atoms with E-state index in [4.69, 9.17) is 27.9 Å². The van der Waals surface area contributed by atoms with Gasteiger partial charge >= 0.3 is 12.5 Å². The average molecular weight is 701 g/mol. The van der Waals surface area contributed by atoms with Gasteiger partial charge < -0.3 is 19.7 Å². The van der Waals surface area contributed by atoms with E-state index in [0.717, 1.165) is 10.5 Å². The van der Waals surface area contributed by atoms with E-state index >= 15 is 0 Å². The topological polar surface area (TPSA) is 88.2 Å². The standard InChI is InChI=1S/C32H30Cl2F3N3O5.ClH/c1-31(2)29(42)40(30(43)45-31)18-28(41)39-13-12-26(24(17-39)19-6-4-3-5-7-19)38-16-21-14-20(8-11-27(21)44-32(35,36)37)23-10-9-22(33)15-25(23)34;/h3-11,14-15,24,26,38H,12-13,16-18H2,1-2H3;1H/t24-,26-;/m0./s1. The SMILES string of the molecule is CC1(C)OC(=O)N(CC(=O)N2CC[C@H](NCc3cc(-c4ccc(Cl)cc4Cl)ccc3OC(F)(F)F)[C@H](c3ccccc3)C2)C1=O.Cl. The van der Waals surface area contributed by atoms with Crippen molar-refractivity contribution in [3.05, 3.63) is 87.9 Å². The predicted molar refractivity (Wildman–Crippen MR) is 169 cm³/mol. The van der Waals surface area contributed by atoms with Crippen LogP contribution >= 0.6 is 35.6 Å². The smallest absolute Gasteiger partial charge is 0.433 e. The van der Waals surface area contributed by atoms with Crippen LogP contribution in [0.15, 0.2) is 66.7 Å². The molecule has 246 valence electrons. The van der Waals surface area contributed by atoms with E-state index in [0.29, 0.717) is 34.1 Å². The Hall–Kier alpha value is -3.51. The number of rotatable bonds is 8. The van der Waals surface area contributed by atoms with Gasteiger partial charge in [-0.15, -0.1) is 25.6 Å². The summed E-state index contributed by atoms with van der Waals surface area (Å²) in [6.45, 7) is 3.06. The van der Waals surface area contributed by atoms with E-state index in [1.165, 1.54) is 26.0 Å². The van der Waals surface area contributed by atoms with Gasteiger partial charge in [0.15, 0.2) is 5.60 Å². The maximum Gasteiger partial charge on any atom is 0.573 e. The van der Waals surface area contributed by atoms with Crippen LogP contribution in [0.2, 0.25) is 10.0 Å². The Bertz CT molecular complexity index is 1610. The highest BCUT2D eigenvalue weighted by Crippen LogP contribution is 2.36. The highest BCUT2D eigenvalue weighted by molar-refractivity contribution is 6.36. The van der Waals surface area contributed by atoms with Gasteiger partial charge in [-0.3, -0.25) is 9.59 Å². The molecule has 0 spiro atoms. The second-order valence-corrected chi connectivity index (χ2v) is 12.2. The molecule has 5 rings (SSSR count). The van der Waals surface area contributed by atoms with Gasteiger partial charge in [0, 0.05) is 52.8 Å². The zero-order valence-electron chi connectivity index (χ0n) is 24.8. The highest BCUT2D eigenvalue weighted by Gasteiger charge is 2.48. The van der Waals surface area contributed by atoms with Gasteiger partial charge in [0.2, 0.25) is 5.91 Å². The Balaban J connectivity index is 0.00000480. The zero-order valence-corrected chi connectivity index (χ0v) is 27.1. The van der Waals surface area contributed by atoms with E-state index in [1.54, 1.807) is 29.2 Å². The van der Waals surface area contributed by atoms with Crippen molar-refractivity contribution in [1.82, 2.24) is 15.1 Å². The van der Waals surface area contributed by atoms with E-state index in [9.17, 15) is 27.6 Å². The lowest BCUT2D eigenvalue weighted by Crippen LogP contribution is -2.52. The first-order chi connectivity index (χ1) is 21.2. The number of piperidine rings is 1. The van der Waals surface area contributed by atoms with Gasteiger partial charge in [0.25, 0.3) is 5.91 Å². The molecule has 0 saturated carbocycles. The molecule has 1 N–H and O–H groups in total. The molecule has 3 aromatic carbocycles. The van der Waals surface area contributed by atoms with Crippen molar-refractivity contribution in [3.63, 3.8) is 0 Å². The molecule has 0 aliphatic carbocycles. The number of benzene rings is 3. The summed E-state index contributed by atoms with van der Waals surface area (Å²) >= 11 is 12.4. The minimum absolute atomic E-state index is 0. The number of imide groups is 1. The molecule has 2 saturated heterocycles. The maximum absolute atomic E-state index is 13.3. The molecule has 0 radical (unpaired) electrons. The summed E-state index contributed by atoms with van der Waals surface area (Å²) < 4.78 is 49.4. The normalized spacial score (nSPS) is 19.5. The van der Waals surface area contributed by atoms with Crippen LogP contribution in [0.4, 0.5) is 18.0 Å². The number of amides is 3. The number of nitrogens with zero attached hydrogens (tertiary/aromatic N) is 2. The van der Waals surface area contributed by atoms with Crippen LogP contribution in [0.3, 0.4) is 0 Å². The fraction of sp³-hybridized carbons (Fsp3) is 0.344. The monoisotopic (exact) mass is 699 g/mol. The largest absolute Gasteiger partial charge is 0.573 e. The molecule has 2 heterocycles. The molecule has 46 heavy (non-hydrogen) atoms. The van der Waals surface area contributed by atoms with Crippen LogP contribution in [-0.4, -0.2) is 65.3 Å². The number of likely N-dealkylation sites (tertiary alicyclic amines) is 1. The summed E-state index contributed by atoms with van der Waals surface area (Å²) in [4.78, 5) is 40.5. The van der Waals surface area contributed by atoms with Gasteiger partial charge in [-0.2, -0.15) is 0 Å². The second-order valence-electron chi connectivity index (χ2n) is 11.4. The van der Waals surface area contributed by atoms with Crippen molar-refractivity contribution in [1.29, 1.82) is 0 Å². The third-order valence-electron chi connectivity index (χ3n) is 7.89. The third-order valence-corrected chi connectivity index (χ3v) is 8.44. The van der Waals surface area contributed by atoms with Crippen LogP contribution in [-0.2, 0) is 20.9 Å². The lowest BCUT2D eigenvalue weighted by atomic mass is 9.85. The first-order valence-electron chi connectivity index (χ1n) is 14.2. The van der Waals surface area contributed by atoms with Crippen molar-refractivity contribution in [2.24, 2.45) is 0 Å². The van der Waals surface area contributed by atoms with E-state index < -0.39 is 36.4 Å². The Labute approximate surface area is 280 Å². The number of ether oxygens (including phenoxy) is 2. The van der Waals surface area contributed by atoms with E-state index in [1.807, 2.05) is 30.3 Å². The van der Waals surface area contributed by atoms with Crippen LogP contribution in [0.25, 0.3) is 11.1 Å². The summed E-state index contributed by atoms with van der Waals surface area (Å²) in [6.07, 6.45) is -5.31. The molecule has 2 fully saturated rings. The third kappa shape index (κ3) is 8.06. The first-order valence-corrected chi connectivity index (χ1v) is 14.9. The van der Waals surface area contributed by atoms with Gasteiger partial charge in [-0.1, -0.05) is 65.7 Å². The molecule has 2 aliphatic rings. The number of carbonyl (C=O) groups is 3. The van der Waals surface area contributed by atoms with Crippen LogP contribution < -0.4 is 10.1 Å². The van der Waals surface area contributed by atoms with Gasteiger partial charge in [-0.05, 0) is 55.7 Å². The lowest BCUT2D eigenvalue weighted by Gasteiger charge is -2.40. The number of nitrogens with one attached hydrogen (secondary N) is 1. The molecule has 14 heteroatoms. The molecule has 3 aromatic rings. The number of cyclic esters (lactones) is 1. The van der Waals surface area contributed by atoms with Crippen molar-refractivity contribution >= 4 is 53.5 Å².